The second-order valence-corrected chi connectivity index (χ2v) is 6.10. The molecule has 1 aliphatic heterocycles. The number of rotatable bonds is 3. The summed E-state index contributed by atoms with van der Waals surface area (Å²) in [6.07, 6.45) is 1.56. The predicted octanol–water partition coefficient (Wildman–Crippen LogP) is 2.64. The minimum Gasteiger partial charge on any atom is -0.467 e. The third-order valence-corrected chi connectivity index (χ3v) is 4.35. The number of hydrogen-bond acceptors (Lipinski definition) is 4. The van der Waals surface area contributed by atoms with Crippen molar-refractivity contribution in [2.75, 3.05) is 5.32 Å². The highest BCUT2D eigenvalue weighted by Crippen LogP contribution is 2.35. The van der Waals surface area contributed by atoms with Crippen molar-refractivity contribution >= 4 is 29.3 Å². The van der Waals surface area contributed by atoms with Gasteiger partial charge in [0.1, 0.15) is 5.76 Å². The van der Waals surface area contributed by atoms with Crippen LogP contribution in [-0.4, -0.2) is 17.1 Å². The van der Waals surface area contributed by atoms with E-state index in [0.29, 0.717) is 23.6 Å². The van der Waals surface area contributed by atoms with Gasteiger partial charge >= 0.3 is 0 Å². The Kier molecular flexibility index (Phi) is 3.70. The van der Waals surface area contributed by atoms with Crippen LogP contribution in [0.5, 0.6) is 0 Å². The van der Waals surface area contributed by atoms with Gasteiger partial charge in [-0.1, -0.05) is 0 Å². The molecule has 5 nitrogen and oxygen atoms in total. The van der Waals surface area contributed by atoms with Crippen molar-refractivity contribution in [3.05, 3.63) is 47.9 Å². The minimum atomic E-state index is -0.202. The molecule has 0 aliphatic carbocycles. The van der Waals surface area contributed by atoms with Crippen LogP contribution in [0.25, 0.3) is 0 Å². The molecule has 0 fully saturated rings. The van der Waals surface area contributed by atoms with E-state index in [1.54, 1.807) is 30.5 Å². The van der Waals surface area contributed by atoms with Crippen LogP contribution in [-0.2, 0) is 11.3 Å². The zero-order valence-corrected chi connectivity index (χ0v) is 12.2. The van der Waals surface area contributed by atoms with Crippen molar-refractivity contribution in [1.82, 2.24) is 5.32 Å². The highest BCUT2D eigenvalue weighted by atomic mass is 32.2. The van der Waals surface area contributed by atoms with E-state index in [1.165, 1.54) is 11.8 Å². The zero-order chi connectivity index (χ0) is 14.8. The van der Waals surface area contributed by atoms with Crippen LogP contribution < -0.4 is 10.6 Å². The Morgan fingerprint density at radius 1 is 1.43 bits per heavy atom. The summed E-state index contributed by atoms with van der Waals surface area (Å²) in [4.78, 5) is 24.8. The van der Waals surface area contributed by atoms with Gasteiger partial charge in [-0.2, -0.15) is 0 Å². The summed E-state index contributed by atoms with van der Waals surface area (Å²) in [5.41, 5.74) is 1.20. The SMILES string of the molecule is CC1Sc2ccc(C(=O)NCc3ccco3)cc2NC1=O. The molecule has 2 heterocycles. The number of anilines is 1. The van der Waals surface area contributed by atoms with Gasteiger partial charge in [0.05, 0.1) is 23.7 Å². The first-order chi connectivity index (χ1) is 10.1. The summed E-state index contributed by atoms with van der Waals surface area (Å²) in [7, 11) is 0. The molecule has 6 heteroatoms. The maximum atomic E-state index is 12.1. The number of nitrogens with one attached hydrogen (secondary N) is 2. The average molecular weight is 302 g/mol. The van der Waals surface area contributed by atoms with Gasteiger partial charge in [-0.25, -0.2) is 0 Å². The number of carbonyl (C=O) groups excluding carboxylic acids is 2. The lowest BCUT2D eigenvalue weighted by atomic mass is 10.1. The molecule has 2 aromatic rings. The Morgan fingerprint density at radius 2 is 2.29 bits per heavy atom. The number of benzene rings is 1. The molecule has 0 spiro atoms. The van der Waals surface area contributed by atoms with Crippen molar-refractivity contribution in [3.63, 3.8) is 0 Å². The van der Waals surface area contributed by atoms with E-state index < -0.39 is 0 Å². The van der Waals surface area contributed by atoms with Crippen molar-refractivity contribution < 1.29 is 14.0 Å². The fourth-order valence-corrected chi connectivity index (χ4v) is 2.96. The van der Waals surface area contributed by atoms with E-state index in [0.717, 1.165) is 4.90 Å². The summed E-state index contributed by atoms with van der Waals surface area (Å²) < 4.78 is 5.16. The molecular weight excluding hydrogens is 288 g/mol. The summed E-state index contributed by atoms with van der Waals surface area (Å²) in [6.45, 7) is 2.19. The van der Waals surface area contributed by atoms with Gasteiger partial charge in [0, 0.05) is 10.5 Å². The van der Waals surface area contributed by atoms with Crippen LogP contribution in [0.3, 0.4) is 0 Å². The standard InChI is InChI=1S/C15H14N2O3S/c1-9-14(18)17-12-7-10(4-5-13(12)21-9)15(19)16-8-11-3-2-6-20-11/h2-7,9H,8H2,1H3,(H,16,19)(H,17,18). The first kappa shape index (κ1) is 13.8. The van der Waals surface area contributed by atoms with Gasteiger partial charge in [-0.15, -0.1) is 11.8 Å². The van der Waals surface area contributed by atoms with Crippen molar-refractivity contribution in [3.8, 4) is 0 Å². The second-order valence-electron chi connectivity index (χ2n) is 4.72. The van der Waals surface area contributed by atoms with Gasteiger partial charge in [-0.3, -0.25) is 9.59 Å². The molecule has 108 valence electrons. The summed E-state index contributed by atoms with van der Waals surface area (Å²) >= 11 is 1.49. The lowest BCUT2D eigenvalue weighted by molar-refractivity contribution is -0.115. The van der Waals surface area contributed by atoms with E-state index in [2.05, 4.69) is 10.6 Å². The normalized spacial score (nSPS) is 17.0. The zero-order valence-electron chi connectivity index (χ0n) is 11.4. The number of carbonyl (C=O) groups is 2. The first-order valence-corrected chi connectivity index (χ1v) is 7.43. The quantitative estimate of drug-likeness (QED) is 0.914. The first-order valence-electron chi connectivity index (χ1n) is 6.55. The fourth-order valence-electron chi connectivity index (χ4n) is 2.03. The van der Waals surface area contributed by atoms with E-state index in [-0.39, 0.29) is 17.1 Å². The van der Waals surface area contributed by atoms with Gasteiger partial charge in [0.25, 0.3) is 5.91 Å². The molecule has 0 bridgehead atoms. The van der Waals surface area contributed by atoms with E-state index in [4.69, 9.17) is 4.42 Å². The summed E-state index contributed by atoms with van der Waals surface area (Å²) in [5.74, 6) is 0.451. The molecule has 0 saturated heterocycles. The molecule has 3 rings (SSSR count). The maximum absolute atomic E-state index is 12.1. The highest BCUT2D eigenvalue weighted by Gasteiger charge is 2.23. The molecular formula is C15H14N2O3S. The number of fused-ring (bicyclic) bond motifs is 1. The Labute approximate surface area is 126 Å². The lowest BCUT2D eigenvalue weighted by Crippen LogP contribution is -2.27. The molecule has 1 unspecified atom stereocenters. The van der Waals surface area contributed by atoms with E-state index in [9.17, 15) is 9.59 Å². The molecule has 1 aliphatic rings. The van der Waals surface area contributed by atoms with Gasteiger partial charge in [-0.05, 0) is 37.3 Å². The molecule has 21 heavy (non-hydrogen) atoms. The molecule has 2 amide bonds. The Morgan fingerprint density at radius 3 is 3.05 bits per heavy atom. The summed E-state index contributed by atoms with van der Waals surface area (Å²) in [5, 5.41) is 5.48. The molecule has 1 aromatic carbocycles. The van der Waals surface area contributed by atoms with Crippen LogP contribution in [0.15, 0.2) is 45.9 Å². The topological polar surface area (TPSA) is 71.3 Å². The molecule has 0 saturated carbocycles. The summed E-state index contributed by atoms with van der Waals surface area (Å²) in [6, 6.07) is 8.88. The predicted molar refractivity (Wildman–Crippen MR) is 80.3 cm³/mol. The van der Waals surface area contributed by atoms with Gasteiger partial charge < -0.3 is 15.1 Å². The molecule has 0 radical (unpaired) electrons. The fraction of sp³-hybridized carbons (Fsp3) is 0.200. The van der Waals surface area contributed by atoms with Gasteiger partial charge in [0.2, 0.25) is 5.91 Å². The van der Waals surface area contributed by atoms with Crippen molar-refractivity contribution in [1.29, 1.82) is 0 Å². The number of amides is 2. The van der Waals surface area contributed by atoms with Crippen LogP contribution in [0, 0.1) is 0 Å². The minimum absolute atomic E-state index is 0.0411. The monoisotopic (exact) mass is 302 g/mol. The Hall–Kier alpha value is -2.21. The van der Waals surface area contributed by atoms with Crippen molar-refractivity contribution in [2.24, 2.45) is 0 Å². The number of hydrogen-bond donors (Lipinski definition) is 2. The molecule has 1 aromatic heterocycles. The van der Waals surface area contributed by atoms with Gasteiger partial charge in [0.15, 0.2) is 0 Å². The lowest BCUT2D eigenvalue weighted by Gasteiger charge is -2.21. The molecule has 2 N–H and O–H groups in total. The smallest absolute Gasteiger partial charge is 0.251 e. The van der Waals surface area contributed by atoms with Crippen LogP contribution in [0.1, 0.15) is 23.0 Å². The number of thioether (sulfide) groups is 1. The second kappa shape index (κ2) is 5.65. The van der Waals surface area contributed by atoms with Crippen LogP contribution >= 0.6 is 11.8 Å². The third-order valence-electron chi connectivity index (χ3n) is 3.18. The van der Waals surface area contributed by atoms with Crippen molar-refractivity contribution in [2.45, 2.75) is 23.6 Å². The average Bonchev–Trinajstić information content (AvgIpc) is 2.99. The van der Waals surface area contributed by atoms with E-state index >= 15 is 0 Å². The molecule has 1 atom stereocenters. The third kappa shape index (κ3) is 2.95. The Balaban J connectivity index is 1.73. The highest BCUT2D eigenvalue weighted by molar-refractivity contribution is 8.00. The van der Waals surface area contributed by atoms with Crippen LogP contribution in [0.2, 0.25) is 0 Å². The number of furan rings is 1. The largest absolute Gasteiger partial charge is 0.467 e. The Bertz CT molecular complexity index is 682. The van der Waals surface area contributed by atoms with E-state index in [1.807, 2.05) is 13.0 Å². The maximum Gasteiger partial charge on any atom is 0.251 e. The van der Waals surface area contributed by atoms with Crippen LogP contribution in [0.4, 0.5) is 5.69 Å².